The molecule has 11 heavy (non-hydrogen) atoms. The van der Waals surface area contributed by atoms with Crippen molar-refractivity contribution in [1.29, 1.82) is 0 Å². The Morgan fingerprint density at radius 2 is 2.18 bits per heavy atom. The number of allylic oxidation sites excluding steroid dienone is 1. The van der Waals surface area contributed by atoms with E-state index in [1.54, 1.807) is 5.57 Å². The Labute approximate surface area is 68.7 Å². The maximum Gasteiger partial charge on any atom is 0.00763 e. The van der Waals surface area contributed by atoms with Gasteiger partial charge in [-0.2, -0.15) is 0 Å². The molecule has 0 aromatic heterocycles. The molecule has 0 aromatic carbocycles. The maximum atomic E-state index is 5.90. The number of nitrogens with two attached hydrogens (primary N) is 1. The van der Waals surface area contributed by atoms with E-state index in [2.05, 4.69) is 6.08 Å². The van der Waals surface area contributed by atoms with Crippen LogP contribution in [0.2, 0.25) is 0 Å². The van der Waals surface area contributed by atoms with Gasteiger partial charge in [0.05, 0.1) is 0 Å². The third-order valence-corrected chi connectivity index (χ3v) is 3.07. The second-order valence-electron chi connectivity index (χ2n) is 3.95. The molecule has 62 valence electrons. The Hall–Kier alpha value is -0.300. The van der Waals surface area contributed by atoms with Crippen LogP contribution >= 0.6 is 0 Å². The van der Waals surface area contributed by atoms with Crippen LogP contribution in [-0.4, -0.2) is 6.04 Å². The summed E-state index contributed by atoms with van der Waals surface area (Å²) in [6, 6.07) is 0.468. The second-order valence-corrected chi connectivity index (χ2v) is 3.95. The molecule has 0 spiro atoms. The quantitative estimate of drug-likeness (QED) is 0.528. The highest BCUT2D eigenvalue weighted by molar-refractivity contribution is 5.14. The molecule has 1 nitrogen and oxygen atoms in total. The van der Waals surface area contributed by atoms with E-state index in [0.717, 1.165) is 5.92 Å². The zero-order chi connectivity index (χ0) is 7.68. The molecular weight excluding hydrogens is 134 g/mol. The highest BCUT2D eigenvalue weighted by Crippen LogP contribution is 2.35. The minimum absolute atomic E-state index is 0.468. The SMILES string of the molecule is NC1CCC2CCCC=C2C1. The van der Waals surface area contributed by atoms with E-state index in [1.807, 2.05) is 0 Å². The molecular formula is C10H17N. The van der Waals surface area contributed by atoms with Crippen molar-refractivity contribution in [1.82, 2.24) is 0 Å². The summed E-state index contributed by atoms with van der Waals surface area (Å²) in [6.07, 6.45) is 10.4. The minimum Gasteiger partial charge on any atom is -0.327 e. The van der Waals surface area contributed by atoms with Crippen LogP contribution in [-0.2, 0) is 0 Å². The van der Waals surface area contributed by atoms with E-state index in [4.69, 9.17) is 5.73 Å². The second kappa shape index (κ2) is 2.98. The predicted molar refractivity (Wildman–Crippen MR) is 47.3 cm³/mol. The summed E-state index contributed by atoms with van der Waals surface area (Å²) in [5.74, 6) is 0.920. The van der Waals surface area contributed by atoms with Crippen molar-refractivity contribution in [2.75, 3.05) is 0 Å². The fraction of sp³-hybridized carbons (Fsp3) is 0.800. The first-order chi connectivity index (χ1) is 5.36. The van der Waals surface area contributed by atoms with Gasteiger partial charge >= 0.3 is 0 Å². The summed E-state index contributed by atoms with van der Waals surface area (Å²) in [6.45, 7) is 0. The van der Waals surface area contributed by atoms with E-state index in [9.17, 15) is 0 Å². The first-order valence-electron chi connectivity index (χ1n) is 4.81. The molecule has 0 amide bonds. The smallest absolute Gasteiger partial charge is 0.00763 e. The van der Waals surface area contributed by atoms with Crippen LogP contribution < -0.4 is 5.73 Å². The molecule has 2 aliphatic carbocycles. The third kappa shape index (κ3) is 1.48. The highest BCUT2D eigenvalue weighted by atomic mass is 14.6. The molecule has 0 bridgehead atoms. The molecule has 0 radical (unpaired) electrons. The van der Waals surface area contributed by atoms with Crippen molar-refractivity contribution < 1.29 is 0 Å². The summed E-state index contributed by atoms with van der Waals surface area (Å²) in [5, 5.41) is 0. The zero-order valence-corrected chi connectivity index (χ0v) is 7.05. The average molecular weight is 151 g/mol. The minimum atomic E-state index is 0.468. The van der Waals surface area contributed by atoms with Gasteiger partial charge in [0.25, 0.3) is 0 Å². The molecule has 0 heterocycles. The first-order valence-corrected chi connectivity index (χ1v) is 4.81. The summed E-state index contributed by atoms with van der Waals surface area (Å²) in [7, 11) is 0. The van der Waals surface area contributed by atoms with Crippen molar-refractivity contribution in [3.8, 4) is 0 Å². The molecule has 2 unspecified atom stereocenters. The Balaban J connectivity index is 2.07. The highest BCUT2D eigenvalue weighted by Gasteiger charge is 2.24. The number of fused-ring (bicyclic) bond motifs is 1. The molecule has 2 rings (SSSR count). The van der Waals surface area contributed by atoms with E-state index in [0.29, 0.717) is 6.04 Å². The van der Waals surface area contributed by atoms with Crippen LogP contribution in [0.5, 0.6) is 0 Å². The standard InChI is InChI=1S/C10H17N/c11-10-6-5-8-3-1-2-4-9(8)7-10/h4,8,10H,1-3,5-7,11H2. The first kappa shape index (κ1) is 7.35. The lowest BCUT2D eigenvalue weighted by molar-refractivity contribution is 0.372. The van der Waals surface area contributed by atoms with Crippen LogP contribution in [0.3, 0.4) is 0 Å². The van der Waals surface area contributed by atoms with Crippen LogP contribution in [0, 0.1) is 5.92 Å². The fourth-order valence-corrected chi connectivity index (χ4v) is 2.40. The molecule has 1 fully saturated rings. The van der Waals surface area contributed by atoms with Gasteiger partial charge < -0.3 is 5.73 Å². The molecule has 2 N–H and O–H groups in total. The summed E-state index contributed by atoms with van der Waals surface area (Å²) < 4.78 is 0. The lowest BCUT2D eigenvalue weighted by Crippen LogP contribution is -2.29. The van der Waals surface area contributed by atoms with Gasteiger partial charge in [0.1, 0.15) is 0 Å². The van der Waals surface area contributed by atoms with E-state index < -0.39 is 0 Å². The van der Waals surface area contributed by atoms with Gasteiger partial charge in [0.15, 0.2) is 0 Å². The van der Waals surface area contributed by atoms with Gasteiger partial charge in [0, 0.05) is 6.04 Å². The Morgan fingerprint density at radius 3 is 3.09 bits per heavy atom. The van der Waals surface area contributed by atoms with Crippen molar-refractivity contribution in [3.63, 3.8) is 0 Å². The molecule has 2 aliphatic rings. The Bertz CT molecular complexity index is 172. The Morgan fingerprint density at radius 1 is 1.27 bits per heavy atom. The van der Waals surface area contributed by atoms with Gasteiger partial charge in [-0.25, -0.2) is 0 Å². The van der Waals surface area contributed by atoms with Crippen LogP contribution in [0.1, 0.15) is 38.5 Å². The monoisotopic (exact) mass is 151 g/mol. The Kier molecular flexibility index (Phi) is 1.99. The third-order valence-electron chi connectivity index (χ3n) is 3.07. The van der Waals surface area contributed by atoms with Gasteiger partial charge in [0.2, 0.25) is 0 Å². The van der Waals surface area contributed by atoms with E-state index in [1.165, 1.54) is 38.5 Å². The number of rotatable bonds is 0. The summed E-state index contributed by atoms with van der Waals surface area (Å²) in [4.78, 5) is 0. The zero-order valence-electron chi connectivity index (χ0n) is 7.05. The predicted octanol–water partition coefficient (Wildman–Crippen LogP) is 2.22. The lowest BCUT2D eigenvalue weighted by Gasteiger charge is -2.31. The van der Waals surface area contributed by atoms with Gasteiger partial charge in [-0.05, 0) is 44.4 Å². The van der Waals surface area contributed by atoms with Crippen molar-refractivity contribution in [2.45, 2.75) is 44.6 Å². The number of hydrogen-bond donors (Lipinski definition) is 1. The van der Waals surface area contributed by atoms with E-state index >= 15 is 0 Å². The molecule has 1 saturated carbocycles. The molecule has 0 aromatic rings. The van der Waals surface area contributed by atoms with E-state index in [-0.39, 0.29) is 0 Å². The van der Waals surface area contributed by atoms with Crippen molar-refractivity contribution in [3.05, 3.63) is 11.6 Å². The maximum absolute atomic E-state index is 5.90. The van der Waals surface area contributed by atoms with Gasteiger partial charge in [-0.15, -0.1) is 0 Å². The average Bonchev–Trinajstić information content (AvgIpc) is 2.04. The van der Waals surface area contributed by atoms with Crippen LogP contribution in [0.4, 0.5) is 0 Å². The van der Waals surface area contributed by atoms with Crippen LogP contribution in [0.25, 0.3) is 0 Å². The topological polar surface area (TPSA) is 26.0 Å². The molecule has 1 heteroatoms. The summed E-state index contributed by atoms with van der Waals surface area (Å²) in [5.41, 5.74) is 7.58. The lowest BCUT2D eigenvalue weighted by atomic mass is 9.76. The van der Waals surface area contributed by atoms with Crippen LogP contribution in [0.15, 0.2) is 11.6 Å². The molecule has 0 aliphatic heterocycles. The molecule has 0 saturated heterocycles. The van der Waals surface area contributed by atoms with Crippen molar-refractivity contribution in [2.24, 2.45) is 11.7 Å². The summed E-state index contributed by atoms with van der Waals surface area (Å²) >= 11 is 0. The normalized spacial score (nSPS) is 37.7. The largest absolute Gasteiger partial charge is 0.327 e. The number of hydrogen-bond acceptors (Lipinski definition) is 1. The van der Waals surface area contributed by atoms with Gasteiger partial charge in [-0.3, -0.25) is 0 Å². The van der Waals surface area contributed by atoms with Gasteiger partial charge in [-0.1, -0.05) is 11.6 Å². The molecule has 2 atom stereocenters. The van der Waals surface area contributed by atoms with Crippen molar-refractivity contribution >= 4 is 0 Å². The fourth-order valence-electron chi connectivity index (χ4n) is 2.40.